The lowest BCUT2D eigenvalue weighted by Crippen LogP contribution is -2.22. The molecule has 5 nitrogen and oxygen atoms in total. The Morgan fingerprint density at radius 1 is 1.09 bits per heavy atom. The molecular formula is C16H17N3O2S. The number of nitrogens with one attached hydrogen (secondary N) is 2. The van der Waals surface area contributed by atoms with Gasteiger partial charge in [-0.3, -0.25) is 9.82 Å². The summed E-state index contributed by atoms with van der Waals surface area (Å²) in [7, 11) is -3.36. The Morgan fingerprint density at radius 2 is 1.82 bits per heavy atom. The van der Waals surface area contributed by atoms with E-state index in [2.05, 4.69) is 14.9 Å². The van der Waals surface area contributed by atoms with Crippen molar-refractivity contribution in [2.45, 2.75) is 19.1 Å². The average molecular weight is 315 g/mol. The van der Waals surface area contributed by atoms with Crippen LogP contribution in [-0.4, -0.2) is 23.9 Å². The molecule has 0 unspecified atom stereocenters. The van der Waals surface area contributed by atoms with Crippen LogP contribution in [0, 0.1) is 0 Å². The predicted octanol–water partition coefficient (Wildman–Crippen LogP) is 3.38. The van der Waals surface area contributed by atoms with Gasteiger partial charge in [0.1, 0.15) is 0 Å². The van der Waals surface area contributed by atoms with Crippen molar-refractivity contribution in [1.82, 2.24) is 10.2 Å². The summed E-state index contributed by atoms with van der Waals surface area (Å²) in [6.07, 6.45) is 0. The quantitative estimate of drug-likeness (QED) is 0.775. The summed E-state index contributed by atoms with van der Waals surface area (Å²) in [5, 5.41) is 7.71. The standard InChI is InChI=1S/C16H17N3O2S/c1-11(2)22(20,21)19-13-8-9-15-14(10-13)16(18-17-15)12-6-4-3-5-7-12/h3-11,19H,1-2H3,(H,17,18). The van der Waals surface area contributed by atoms with E-state index in [-0.39, 0.29) is 0 Å². The number of anilines is 1. The van der Waals surface area contributed by atoms with E-state index in [0.717, 1.165) is 22.2 Å². The second-order valence-corrected chi connectivity index (χ2v) is 7.63. The molecule has 2 N–H and O–H groups in total. The van der Waals surface area contributed by atoms with Crippen LogP contribution in [0.25, 0.3) is 22.2 Å². The van der Waals surface area contributed by atoms with E-state index in [1.807, 2.05) is 36.4 Å². The minimum Gasteiger partial charge on any atom is -0.283 e. The third-order valence-electron chi connectivity index (χ3n) is 3.49. The molecule has 0 spiro atoms. The smallest absolute Gasteiger partial charge is 0.235 e. The van der Waals surface area contributed by atoms with Crippen LogP contribution < -0.4 is 4.72 Å². The van der Waals surface area contributed by atoms with Crippen LogP contribution in [0.15, 0.2) is 48.5 Å². The third-order valence-corrected chi connectivity index (χ3v) is 5.25. The fourth-order valence-corrected chi connectivity index (χ4v) is 2.87. The zero-order chi connectivity index (χ0) is 15.7. The number of aromatic amines is 1. The summed E-state index contributed by atoms with van der Waals surface area (Å²) >= 11 is 0. The largest absolute Gasteiger partial charge is 0.283 e. The van der Waals surface area contributed by atoms with Crippen LogP contribution >= 0.6 is 0 Å². The molecule has 2 aromatic carbocycles. The fraction of sp³-hybridized carbons (Fsp3) is 0.188. The molecule has 3 rings (SSSR count). The highest BCUT2D eigenvalue weighted by molar-refractivity contribution is 7.93. The van der Waals surface area contributed by atoms with Crippen molar-refractivity contribution < 1.29 is 8.42 Å². The van der Waals surface area contributed by atoms with E-state index in [4.69, 9.17) is 0 Å². The molecule has 0 aliphatic carbocycles. The Balaban J connectivity index is 2.06. The Kier molecular flexibility index (Phi) is 3.62. The SMILES string of the molecule is CC(C)S(=O)(=O)Nc1ccc2[nH]nc(-c3ccccc3)c2c1. The van der Waals surface area contributed by atoms with Gasteiger partial charge in [0, 0.05) is 16.6 Å². The summed E-state index contributed by atoms with van der Waals surface area (Å²) in [4.78, 5) is 0. The molecule has 0 atom stereocenters. The molecule has 22 heavy (non-hydrogen) atoms. The number of benzene rings is 2. The van der Waals surface area contributed by atoms with E-state index in [9.17, 15) is 8.42 Å². The molecular weight excluding hydrogens is 298 g/mol. The zero-order valence-corrected chi connectivity index (χ0v) is 13.2. The van der Waals surface area contributed by atoms with Gasteiger partial charge in [0.2, 0.25) is 10.0 Å². The summed E-state index contributed by atoms with van der Waals surface area (Å²) in [5.74, 6) is 0. The van der Waals surface area contributed by atoms with Crippen molar-refractivity contribution in [3.8, 4) is 11.3 Å². The maximum absolute atomic E-state index is 12.0. The first kappa shape index (κ1) is 14.6. The predicted molar refractivity (Wildman–Crippen MR) is 89.2 cm³/mol. The van der Waals surface area contributed by atoms with Crippen molar-refractivity contribution in [2.24, 2.45) is 0 Å². The lowest BCUT2D eigenvalue weighted by molar-refractivity contribution is 0.593. The highest BCUT2D eigenvalue weighted by Crippen LogP contribution is 2.28. The van der Waals surface area contributed by atoms with Crippen LogP contribution in [0.1, 0.15) is 13.8 Å². The number of aromatic nitrogens is 2. The molecule has 0 radical (unpaired) electrons. The van der Waals surface area contributed by atoms with E-state index in [0.29, 0.717) is 5.69 Å². The first-order chi connectivity index (χ1) is 10.5. The van der Waals surface area contributed by atoms with Gasteiger partial charge < -0.3 is 0 Å². The molecule has 0 amide bonds. The number of hydrogen-bond donors (Lipinski definition) is 2. The highest BCUT2D eigenvalue weighted by atomic mass is 32.2. The summed E-state index contributed by atoms with van der Waals surface area (Å²) in [5.41, 5.74) is 3.20. The van der Waals surface area contributed by atoms with Crippen molar-refractivity contribution in [2.75, 3.05) is 4.72 Å². The molecule has 114 valence electrons. The lowest BCUT2D eigenvalue weighted by Gasteiger charge is -2.10. The Hall–Kier alpha value is -2.34. The molecule has 0 saturated heterocycles. The van der Waals surface area contributed by atoms with Gasteiger partial charge in [0.25, 0.3) is 0 Å². The van der Waals surface area contributed by atoms with Gasteiger partial charge in [-0.25, -0.2) is 8.42 Å². The van der Waals surface area contributed by atoms with Gasteiger partial charge in [-0.05, 0) is 32.0 Å². The molecule has 0 saturated carbocycles. The number of rotatable bonds is 4. The molecule has 6 heteroatoms. The van der Waals surface area contributed by atoms with Crippen molar-refractivity contribution in [1.29, 1.82) is 0 Å². The Morgan fingerprint density at radius 3 is 2.50 bits per heavy atom. The fourth-order valence-electron chi connectivity index (χ4n) is 2.18. The summed E-state index contributed by atoms with van der Waals surface area (Å²) < 4.78 is 26.6. The van der Waals surface area contributed by atoms with Gasteiger partial charge in [-0.2, -0.15) is 5.10 Å². The molecule has 0 fully saturated rings. The summed E-state index contributed by atoms with van der Waals surface area (Å²) in [6, 6.07) is 15.1. The Bertz CT molecular complexity index is 900. The molecule has 1 aromatic heterocycles. The molecule has 0 aliphatic heterocycles. The maximum Gasteiger partial charge on any atom is 0.235 e. The van der Waals surface area contributed by atoms with E-state index < -0.39 is 15.3 Å². The third kappa shape index (κ3) is 2.69. The number of H-pyrrole nitrogens is 1. The van der Waals surface area contributed by atoms with Crippen LogP contribution in [0.2, 0.25) is 0 Å². The van der Waals surface area contributed by atoms with Gasteiger partial charge in [-0.15, -0.1) is 0 Å². The van der Waals surface area contributed by atoms with Crippen molar-refractivity contribution in [3.05, 3.63) is 48.5 Å². The number of nitrogens with zero attached hydrogens (tertiary/aromatic N) is 1. The first-order valence-corrected chi connectivity index (χ1v) is 8.57. The van der Waals surface area contributed by atoms with Gasteiger partial charge in [0.15, 0.2) is 0 Å². The van der Waals surface area contributed by atoms with Crippen LogP contribution in [0.5, 0.6) is 0 Å². The van der Waals surface area contributed by atoms with Crippen molar-refractivity contribution >= 4 is 26.6 Å². The minimum absolute atomic E-state index is 0.485. The molecule has 1 heterocycles. The van der Waals surface area contributed by atoms with E-state index in [1.165, 1.54) is 0 Å². The topological polar surface area (TPSA) is 74.8 Å². The second-order valence-electron chi connectivity index (χ2n) is 5.39. The molecule has 3 aromatic rings. The maximum atomic E-state index is 12.0. The minimum atomic E-state index is -3.36. The highest BCUT2D eigenvalue weighted by Gasteiger charge is 2.16. The van der Waals surface area contributed by atoms with Gasteiger partial charge >= 0.3 is 0 Å². The molecule has 0 bridgehead atoms. The van der Waals surface area contributed by atoms with Crippen molar-refractivity contribution in [3.63, 3.8) is 0 Å². The van der Waals surface area contributed by atoms with Crippen LogP contribution in [0.3, 0.4) is 0 Å². The lowest BCUT2D eigenvalue weighted by atomic mass is 10.1. The van der Waals surface area contributed by atoms with E-state index >= 15 is 0 Å². The number of sulfonamides is 1. The Labute approximate surface area is 129 Å². The van der Waals surface area contributed by atoms with Gasteiger partial charge in [0.05, 0.1) is 16.5 Å². The van der Waals surface area contributed by atoms with Gasteiger partial charge in [-0.1, -0.05) is 30.3 Å². The summed E-state index contributed by atoms with van der Waals surface area (Å²) in [6.45, 7) is 3.29. The number of fused-ring (bicyclic) bond motifs is 1. The zero-order valence-electron chi connectivity index (χ0n) is 12.4. The normalized spacial score (nSPS) is 12.0. The van der Waals surface area contributed by atoms with E-state index in [1.54, 1.807) is 26.0 Å². The number of hydrogen-bond acceptors (Lipinski definition) is 3. The average Bonchev–Trinajstić information content (AvgIpc) is 2.90. The first-order valence-electron chi connectivity index (χ1n) is 7.02. The molecule has 0 aliphatic rings. The monoisotopic (exact) mass is 315 g/mol. The second kappa shape index (κ2) is 5.46. The van der Waals surface area contributed by atoms with Crippen LogP contribution in [-0.2, 0) is 10.0 Å². The van der Waals surface area contributed by atoms with Crippen LogP contribution in [0.4, 0.5) is 5.69 Å².